The van der Waals surface area contributed by atoms with Crippen molar-refractivity contribution in [3.05, 3.63) is 18.3 Å². The van der Waals surface area contributed by atoms with Gasteiger partial charge in [-0.1, -0.05) is 0 Å². The average molecular weight is 271 g/mol. The molecule has 1 unspecified atom stereocenters. The molecule has 0 radical (unpaired) electrons. The Morgan fingerprint density at radius 2 is 2.33 bits per heavy atom. The van der Waals surface area contributed by atoms with Crippen molar-refractivity contribution in [3.8, 4) is 5.75 Å². The van der Waals surface area contributed by atoms with Crippen molar-refractivity contribution in [3.63, 3.8) is 0 Å². The van der Waals surface area contributed by atoms with Crippen molar-refractivity contribution in [1.82, 2.24) is 4.98 Å². The fraction of sp³-hybridized carbons (Fsp3) is 0.615. The van der Waals surface area contributed by atoms with E-state index in [9.17, 15) is 0 Å². The first-order chi connectivity index (χ1) is 8.54. The van der Waals surface area contributed by atoms with Crippen LogP contribution in [0.3, 0.4) is 0 Å². The van der Waals surface area contributed by atoms with E-state index in [1.54, 1.807) is 13.3 Å². The highest BCUT2D eigenvalue weighted by Gasteiger charge is 2.33. The highest BCUT2D eigenvalue weighted by Crippen LogP contribution is 2.26. The Labute approximate surface area is 113 Å². The molecule has 1 fully saturated rings. The number of alkyl halides is 1. The molecule has 1 saturated heterocycles. The van der Waals surface area contributed by atoms with Gasteiger partial charge in [0.05, 0.1) is 30.9 Å². The third-order valence-electron chi connectivity index (χ3n) is 2.93. The van der Waals surface area contributed by atoms with E-state index in [4.69, 9.17) is 21.1 Å². The van der Waals surface area contributed by atoms with Crippen LogP contribution >= 0.6 is 11.6 Å². The number of hydrogen-bond donors (Lipinski definition) is 0. The topological polar surface area (TPSA) is 34.6 Å². The zero-order valence-electron chi connectivity index (χ0n) is 11.0. The SMILES string of the molecule is COc1ccc(N2CC(CCl)OC(C)(C)C2)nc1. The Bertz CT molecular complexity index is 394. The number of aromatic nitrogens is 1. The van der Waals surface area contributed by atoms with E-state index in [1.807, 2.05) is 12.1 Å². The molecule has 1 aromatic heterocycles. The molecule has 2 heterocycles. The maximum atomic E-state index is 5.92. The third-order valence-corrected chi connectivity index (χ3v) is 3.28. The summed E-state index contributed by atoms with van der Waals surface area (Å²) in [5, 5.41) is 0. The summed E-state index contributed by atoms with van der Waals surface area (Å²) in [4.78, 5) is 6.61. The van der Waals surface area contributed by atoms with Crippen molar-refractivity contribution in [2.45, 2.75) is 25.6 Å². The molecule has 0 aliphatic carbocycles. The van der Waals surface area contributed by atoms with Gasteiger partial charge in [-0.3, -0.25) is 0 Å². The first-order valence-corrected chi connectivity index (χ1v) is 6.56. The van der Waals surface area contributed by atoms with Crippen LogP contribution in [0.25, 0.3) is 0 Å². The summed E-state index contributed by atoms with van der Waals surface area (Å²) in [5.41, 5.74) is -0.209. The summed E-state index contributed by atoms with van der Waals surface area (Å²) in [5.74, 6) is 2.19. The number of halogens is 1. The molecule has 0 amide bonds. The van der Waals surface area contributed by atoms with Crippen LogP contribution in [0.1, 0.15) is 13.8 Å². The zero-order chi connectivity index (χ0) is 13.2. The minimum Gasteiger partial charge on any atom is -0.495 e. The van der Waals surface area contributed by atoms with Crippen LogP contribution in [-0.2, 0) is 4.74 Å². The van der Waals surface area contributed by atoms with Gasteiger partial charge in [0, 0.05) is 13.1 Å². The molecule has 0 N–H and O–H groups in total. The molecule has 1 atom stereocenters. The first kappa shape index (κ1) is 13.4. The van der Waals surface area contributed by atoms with E-state index in [2.05, 4.69) is 23.7 Å². The number of morpholine rings is 1. The summed E-state index contributed by atoms with van der Waals surface area (Å²) in [6, 6.07) is 3.88. The van der Waals surface area contributed by atoms with Crippen molar-refractivity contribution in [2.75, 3.05) is 31.0 Å². The van der Waals surface area contributed by atoms with E-state index in [0.717, 1.165) is 24.7 Å². The number of rotatable bonds is 3. The van der Waals surface area contributed by atoms with Crippen molar-refractivity contribution in [2.24, 2.45) is 0 Å². The van der Waals surface area contributed by atoms with Gasteiger partial charge in [-0.25, -0.2) is 4.98 Å². The van der Waals surface area contributed by atoms with Gasteiger partial charge in [0.15, 0.2) is 0 Å². The van der Waals surface area contributed by atoms with Crippen LogP contribution in [0.2, 0.25) is 0 Å². The number of anilines is 1. The number of pyridine rings is 1. The molecule has 2 rings (SSSR count). The van der Waals surface area contributed by atoms with Crippen LogP contribution in [0, 0.1) is 0 Å². The number of nitrogens with zero attached hydrogens (tertiary/aromatic N) is 2. The highest BCUT2D eigenvalue weighted by atomic mass is 35.5. The van der Waals surface area contributed by atoms with Gasteiger partial charge in [-0.05, 0) is 26.0 Å². The van der Waals surface area contributed by atoms with Crippen LogP contribution in [-0.4, -0.2) is 42.8 Å². The quantitative estimate of drug-likeness (QED) is 0.790. The molecule has 5 heteroatoms. The molecule has 0 spiro atoms. The van der Waals surface area contributed by atoms with Crippen LogP contribution in [0.5, 0.6) is 5.75 Å². The van der Waals surface area contributed by atoms with Crippen LogP contribution in [0.4, 0.5) is 5.82 Å². The van der Waals surface area contributed by atoms with Gasteiger partial charge in [-0.15, -0.1) is 11.6 Å². The molecular formula is C13H19ClN2O2. The molecular weight excluding hydrogens is 252 g/mol. The van der Waals surface area contributed by atoms with Gasteiger partial charge in [0.2, 0.25) is 0 Å². The van der Waals surface area contributed by atoms with Crippen LogP contribution < -0.4 is 9.64 Å². The van der Waals surface area contributed by atoms with Gasteiger partial charge < -0.3 is 14.4 Å². The predicted octanol–water partition coefficient (Wildman–Crippen LogP) is 2.31. The fourth-order valence-electron chi connectivity index (χ4n) is 2.23. The highest BCUT2D eigenvalue weighted by molar-refractivity contribution is 6.18. The Morgan fingerprint density at radius 3 is 2.89 bits per heavy atom. The summed E-state index contributed by atoms with van der Waals surface area (Å²) >= 11 is 5.92. The lowest BCUT2D eigenvalue weighted by atomic mass is 10.1. The summed E-state index contributed by atoms with van der Waals surface area (Å²) < 4.78 is 11.0. The lowest BCUT2D eigenvalue weighted by Crippen LogP contribution is -2.53. The zero-order valence-corrected chi connectivity index (χ0v) is 11.8. The van der Waals surface area contributed by atoms with Gasteiger partial charge in [0.25, 0.3) is 0 Å². The standard InChI is InChI=1S/C13H19ClN2O2/c1-13(2)9-16(8-11(6-14)18-13)12-5-4-10(17-3)7-15-12/h4-5,7,11H,6,8-9H2,1-3H3. The van der Waals surface area contributed by atoms with E-state index in [0.29, 0.717) is 5.88 Å². The second-order valence-electron chi connectivity index (χ2n) is 5.09. The number of ether oxygens (including phenoxy) is 2. The van der Waals surface area contributed by atoms with E-state index >= 15 is 0 Å². The third kappa shape index (κ3) is 3.06. The lowest BCUT2D eigenvalue weighted by molar-refractivity contribution is -0.0736. The smallest absolute Gasteiger partial charge is 0.137 e. The maximum Gasteiger partial charge on any atom is 0.137 e. The minimum absolute atomic E-state index is 0.0410. The summed E-state index contributed by atoms with van der Waals surface area (Å²) in [6.07, 6.45) is 1.77. The molecule has 18 heavy (non-hydrogen) atoms. The Balaban J connectivity index is 2.15. The van der Waals surface area contributed by atoms with Gasteiger partial charge >= 0.3 is 0 Å². The van der Waals surface area contributed by atoms with Crippen molar-refractivity contribution in [1.29, 1.82) is 0 Å². The predicted molar refractivity (Wildman–Crippen MR) is 72.7 cm³/mol. The van der Waals surface area contributed by atoms with Crippen molar-refractivity contribution >= 4 is 17.4 Å². The van der Waals surface area contributed by atoms with Gasteiger partial charge in [0.1, 0.15) is 11.6 Å². The Morgan fingerprint density at radius 1 is 1.56 bits per heavy atom. The molecule has 1 aliphatic rings. The molecule has 1 aliphatic heterocycles. The van der Waals surface area contributed by atoms with Gasteiger partial charge in [-0.2, -0.15) is 0 Å². The van der Waals surface area contributed by atoms with Crippen LogP contribution in [0.15, 0.2) is 18.3 Å². The van der Waals surface area contributed by atoms with E-state index < -0.39 is 0 Å². The molecule has 100 valence electrons. The summed E-state index contributed by atoms with van der Waals surface area (Å²) in [7, 11) is 1.64. The molecule has 4 nitrogen and oxygen atoms in total. The normalized spacial score (nSPS) is 22.9. The maximum absolute atomic E-state index is 5.92. The largest absolute Gasteiger partial charge is 0.495 e. The molecule has 0 bridgehead atoms. The monoisotopic (exact) mass is 270 g/mol. The second kappa shape index (κ2) is 5.33. The molecule has 1 aromatic rings. The molecule has 0 saturated carbocycles. The number of methoxy groups -OCH3 is 1. The second-order valence-corrected chi connectivity index (χ2v) is 5.40. The Kier molecular flexibility index (Phi) is 3.97. The summed E-state index contributed by atoms with van der Waals surface area (Å²) in [6.45, 7) is 5.72. The number of hydrogen-bond acceptors (Lipinski definition) is 4. The van der Waals surface area contributed by atoms with E-state index in [-0.39, 0.29) is 11.7 Å². The minimum atomic E-state index is -0.209. The molecule has 0 aromatic carbocycles. The first-order valence-electron chi connectivity index (χ1n) is 6.03. The average Bonchev–Trinajstić information content (AvgIpc) is 2.37. The fourth-order valence-corrected chi connectivity index (χ4v) is 2.39. The lowest BCUT2D eigenvalue weighted by Gasteiger charge is -2.42. The van der Waals surface area contributed by atoms with E-state index in [1.165, 1.54) is 0 Å². The Hall–Kier alpha value is -1.00. The van der Waals surface area contributed by atoms with Crippen molar-refractivity contribution < 1.29 is 9.47 Å².